The van der Waals surface area contributed by atoms with Gasteiger partial charge in [0.25, 0.3) is 0 Å². The topological polar surface area (TPSA) is 105 Å². The van der Waals surface area contributed by atoms with Crippen molar-refractivity contribution >= 4 is 23.3 Å². The van der Waals surface area contributed by atoms with E-state index in [0.717, 1.165) is 0 Å². The molecule has 0 bridgehead atoms. The summed E-state index contributed by atoms with van der Waals surface area (Å²) < 4.78 is 32.4. The van der Waals surface area contributed by atoms with Crippen LogP contribution in [0.5, 0.6) is 34.5 Å². The SMILES string of the molecule is COc1cc(C2=NC3=NC(c4cc(OC)c(OC)c(OC)c4)=NC3=N2)cc(OC)c1OC. The van der Waals surface area contributed by atoms with E-state index < -0.39 is 0 Å². The van der Waals surface area contributed by atoms with Crippen molar-refractivity contribution in [3.8, 4) is 34.5 Å². The van der Waals surface area contributed by atoms with Crippen LogP contribution in [0.4, 0.5) is 0 Å². The summed E-state index contributed by atoms with van der Waals surface area (Å²) in [7, 11) is 9.30. The largest absolute Gasteiger partial charge is 0.493 e. The fourth-order valence-electron chi connectivity index (χ4n) is 3.38. The molecule has 2 aliphatic heterocycles. The van der Waals surface area contributed by atoms with Crippen LogP contribution < -0.4 is 28.4 Å². The fourth-order valence-corrected chi connectivity index (χ4v) is 3.38. The Morgan fingerprint density at radius 1 is 0.406 bits per heavy atom. The average Bonchev–Trinajstić information content (AvgIpc) is 3.41. The minimum absolute atomic E-state index is 0.414. The molecule has 2 heterocycles. The Labute approximate surface area is 184 Å². The summed E-state index contributed by atoms with van der Waals surface area (Å²) in [6, 6.07) is 7.09. The quantitative estimate of drug-likeness (QED) is 0.628. The van der Waals surface area contributed by atoms with Crippen molar-refractivity contribution in [3.05, 3.63) is 35.4 Å². The first-order valence-corrected chi connectivity index (χ1v) is 9.52. The summed E-state index contributed by atoms with van der Waals surface area (Å²) in [5, 5.41) is 0. The number of hydrogen-bond donors (Lipinski definition) is 0. The first kappa shape index (κ1) is 21.2. The smallest absolute Gasteiger partial charge is 0.203 e. The molecular weight excluding hydrogens is 416 g/mol. The molecule has 0 aliphatic carbocycles. The summed E-state index contributed by atoms with van der Waals surface area (Å²) in [6.07, 6.45) is 0. The standard InChI is InChI=1S/C22H22N4O6/c1-27-13-7-11(8-14(28-2)17(13)31-5)19-23-21-22(24-19)26-20(25-21)12-9-15(29-3)18(32-6)16(10-12)30-4/h7-10H,1-6H3. The number of methoxy groups -OCH3 is 6. The van der Waals surface area contributed by atoms with Gasteiger partial charge in [0.15, 0.2) is 34.7 Å². The summed E-state index contributed by atoms with van der Waals surface area (Å²) in [6.45, 7) is 0. The molecule has 0 fully saturated rings. The maximum atomic E-state index is 5.41. The first-order chi connectivity index (χ1) is 15.6. The lowest BCUT2D eigenvalue weighted by atomic mass is 10.1. The van der Waals surface area contributed by atoms with E-state index >= 15 is 0 Å². The van der Waals surface area contributed by atoms with Gasteiger partial charge in [-0.1, -0.05) is 0 Å². The number of aliphatic imine (C=N–C) groups is 4. The summed E-state index contributed by atoms with van der Waals surface area (Å²) in [5.41, 5.74) is 1.38. The molecule has 4 rings (SSSR count). The van der Waals surface area contributed by atoms with E-state index in [-0.39, 0.29) is 0 Å². The number of benzene rings is 2. The lowest BCUT2D eigenvalue weighted by Crippen LogP contribution is -2.02. The van der Waals surface area contributed by atoms with Gasteiger partial charge in [0, 0.05) is 11.1 Å². The predicted molar refractivity (Wildman–Crippen MR) is 120 cm³/mol. The number of amidine groups is 4. The Hall–Kier alpha value is -4.08. The first-order valence-electron chi connectivity index (χ1n) is 9.52. The molecular formula is C22H22N4O6. The fraction of sp³-hybridized carbons (Fsp3) is 0.273. The van der Waals surface area contributed by atoms with E-state index in [2.05, 4.69) is 20.0 Å². The van der Waals surface area contributed by atoms with Crippen molar-refractivity contribution in [1.82, 2.24) is 0 Å². The number of nitrogens with zero attached hydrogens (tertiary/aromatic N) is 4. The molecule has 0 saturated carbocycles. The second kappa shape index (κ2) is 8.58. The van der Waals surface area contributed by atoms with E-state index in [4.69, 9.17) is 28.4 Å². The zero-order valence-electron chi connectivity index (χ0n) is 18.5. The van der Waals surface area contributed by atoms with Crippen molar-refractivity contribution in [2.24, 2.45) is 20.0 Å². The second-order valence-corrected chi connectivity index (χ2v) is 6.57. The lowest BCUT2D eigenvalue weighted by molar-refractivity contribution is 0.324. The molecule has 0 spiro atoms. The number of hydrogen-bond acceptors (Lipinski definition) is 10. The Balaban J connectivity index is 1.69. The molecule has 0 amide bonds. The van der Waals surface area contributed by atoms with Crippen LogP contribution in [-0.2, 0) is 0 Å². The van der Waals surface area contributed by atoms with Gasteiger partial charge in [-0.3, -0.25) is 0 Å². The minimum atomic E-state index is 0.414. The number of rotatable bonds is 8. The van der Waals surface area contributed by atoms with Gasteiger partial charge >= 0.3 is 0 Å². The molecule has 0 N–H and O–H groups in total. The monoisotopic (exact) mass is 438 g/mol. The average molecular weight is 438 g/mol. The van der Waals surface area contributed by atoms with E-state index in [1.807, 2.05) is 0 Å². The lowest BCUT2D eigenvalue weighted by Gasteiger charge is -2.13. The maximum Gasteiger partial charge on any atom is 0.203 e. The zero-order chi connectivity index (χ0) is 22.8. The molecule has 166 valence electrons. The van der Waals surface area contributed by atoms with E-state index in [1.54, 1.807) is 66.9 Å². The summed E-state index contributed by atoms with van der Waals surface area (Å²) in [4.78, 5) is 18.1. The van der Waals surface area contributed by atoms with Gasteiger partial charge in [-0.25, -0.2) is 20.0 Å². The highest BCUT2D eigenvalue weighted by atomic mass is 16.5. The third-order valence-electron chi connectivity index (χ3n) is 4.89. The van der Waals surface area contributed by atoms with E-state index in [0.29, 0.717) is 69.0 Å². The van der Waals surface area contributed by atoms with Crippen LogP contribution in [0.3, 0.4) is 0 Å². The third kappa shape index (κ3) is 3.49. The summed E-state index contributed by atoms with van der Waals surface area (Å²) in [5.74, 6) is 4.73. The number of fused-ring (bicyclic) bond motifs is 1. The number of ether oxygens (including phenoxy) is 6. The Kier molecular flexibility index (Phi) is 5.67. The molecule has 10 heteroatoms. The highest BCUT2D eigenvalue weighted by molar-refractivity contribution is 6.53. The van der Waals surface area contributed by atoms with Crippen LogP contribution in [0.15, 0.2) is 44.2 Å². The van der Waals surface area contributed by atoms with Gasteiger partial charge in [0.05, 0.1) is 42.7 Å². The van der Waals surface area contributed by atoms with Crippen molar-refractivity contribution < 1.29 is 28.4 Å². The molecule has 0 radical (unpaired) electrons. The molecule has 0 aromatic heterocycles. The highest BCUT2D eigenvalue weighted by Gasteiger charge is 2.28. The van der Waals surface area contributed by atoms with Crippen LogP contribution in [0.1, 0.15) is 11.1 Å². The molecule has 2 aromatic rings. The zero-order valence-corrected chi connectivity index (χ0v) is 18.5. The highest BCUT2D eigenvalue weighted by Crippen LogP contribution is 2.40. The van der Waals surface area contributed by atoms with Gasteiger partial charge in [-0.2, -0.15) is 0 Å². The van der Waals surface area contributed by atoms with Crippen LogP contribution in [0.25, 0.3) is 0 Å². The molecule has 2 aliphatic rings. The predicted octanol–water partition coefficient (Wildman–Crippen LogP) is 2.76. The van der Waals surface area contributed by atoms with Crippen molar-refractivity contribution in [2.45, 2.75) is 0 Å². The van der Waals surface area contributed by atoms with E-state index in [9.17, 15) is 0 Å². The normalized spacial score (nSPS) is 14.1. The third-order valence-corrected chi connectivity index (χ3v) is 4.89. The van der Waals surface area contributed by atoms with Crippen LogP contribution in [-0.4, -0.2) is 66.0 Å². The van der Waals surface area contributed by atoms with Crippen LogP contribution >= 0.6 is 0 Å². The molecule has 0 atom stereocenters. The molecule has 2 aromatic carbocycles. The molecule has 10 nitrogen and oxygen atoms in total. The second-order valence-electron chi connectivity index (χ2n) is 6.57. The van der Waals surface area contributed by atoms with Crippen LogP contribution in [0.2, 0.25) is 0 Å². The van der Waals surface area contributed by atoms with Gasteiger partial charge in [0.2, 0.25) is 23.2 Å². The van der Waals surface area contributed by atoms with Crippen molar-refractivity contribution in [3.63, 3.8) is 0 Å². The van der Waals surface area contributed by atoms with Gasteiger partial charge in [-0.15, -0.1) is 0 Å². The van der Waals surface area contributed by atoms with Crippen LogP contribution in [0, 0.1) is 0 Å². The Morgan fingerprint density at radius 2 is 0.688 bits per heavy atom. The van der Waals surface area contributed by atoms with Crippen molar-refractivity contribution in [1.29, 1.82) is 0 Å². The van der Waals surface area contributed by atoms with Crippen molar-refractivity contribution in [2.75, 3.05) is 42.7 Å². The molecule has 0 saturated heterocycles. The summed E-state index contributed by atoms with van der Waals surface area (Å²) >= 11 is 0. The minimum Gasteiger partial charge on any atom is -0.493 e. The Bertz CT molecular complexity index is 1060. The maximum absolute atomic E-state index is 5.41. The molecule has 0 unspecified atom stereocenters. The van der Waals surface area contributed by atoms with Gasteiger partial charge in [0.1, 0.15) is 0 Å². The Morgan fingerprint density at radius 3 is 0.938 bits per heavy atom. The van der Waals surface area contributed by atoms with E-state index in [1.165, 1.54) is 0 Å². The van der Waals surface area contributed by atoms with Gasteiger partial charge < -0.3 is 28.4 Å². The molecule has 32 heavy (non-hydrogen) atoms. The van der Waals surface area contributed by atoms with Gasteiger partial charge in [-0.05, 0) is 24.3 Å².